The van der Waals surface area contributed by atoms with Crippen molar-refractivity contribution in [1.29, 1.82) is 0 Å². The van der Waals surface area contributed by atoms with E-state index in [-0.39, 0.29) is 11.5 Å². The maximum atomic E-state index is 9.67. The van der Waals surface area contributed by atoms with Gasteiger partial charge in [0, 0.05) is 17.0 Å². The molecule has 94 valence electrons. The fourth-order valence-corrected chi connectivity index (χ4v) is 3.26. The molecule has 0 radical (unpaired) electrons. The fraction of sp³-hybridized carbons (Fsp3) is 0.571. The van der Waals surface area contributed by atoms with Gasteiger partial charge < -0.3 is 10.4 Å². The molecule has 1 aliphatic carbocycles. The lowest BCUT2D eigenvalue weighted by Gasteiger charge is -2.40. The summed E-state index contributed by atoms with van der Waals surface area (Å²) >= 11 is 6.33. The number of aliphatic hydroxyl groups excluding tert-OH is 1. The highest BCUT2D eigenvalue weighted by molar-refractivity contribution is 6.31. The zero-order chi connectivity index (χ0) is 12.3. The predicted molar refractivity (Wildman–Crippen MR) is 71.5 cm³/mol. The SMILES string of the molecule is CNCC1(c2ccccc2Cl)CCC(O)CC1. The lowest BCUT2D eigenvalue weighted by Crippen LogP contribution is -2.41. The second-order valence-electron chi connectivity index (χ2n) is 5.02. The lowest BCUT2D eigenvalue weighted by atomic mass is 9.68. The van der Waals surface area contributed by atoms with Crippen molar-refractivity contribution in [3.8, 4) is 0 Å². The molecule has 1 aromatic rings. The van der Waals surface area contributed by atoms with Crippen LogP contribution in [0.3, 0.4) is 0 Å². The molecule has 0 atom stereocenters. The van der Waals surface area contributed by atoms with E-state index in [0.29, 0.717) is 0 Å². The Kier molecular flexibility index (Phi) is 4.08. The molecule has 2 N–H and O–H groups in total. The first-order chi connectivity index (χ1) is 8.18. The second kappa shape index (κ2) is 5.38. The third kappa shape index (κ3) is 2.65. The average Bonchev–Trinajstić information content (AvgIpc) is 2.33. The van der Waals surface area contributed by atoms with E-state index in [9.17, 15) is 5.11 Å². The first kappa shape index (κ1) is 12.9. The van der Waals surface area contributed by atoms with E-state index in [2.05, 4.69) is 11.4 Å². The first-order valence-corrected chi connectivity index (χ1v) is 6.63. The van der Waals surface area contributed by atoms with Gasteiger partial charge in [-0.15, -0.1) is 0 Å². The van der Waals surface area contributed by atoms with Gasteiger partial charge in [-0.3, -0.25) is 0 Å². The Morgan fingerprint density at radius 1 is 1.35 bits per heavy atom. The molecule has 1 fully saturated rings. The maximum Gasteiger partial charge on any atom is 0.0541 e. The lowest BCUT2D eigenvalue weighted by molar-refractivity contribution is 0.0952. The third-order valence-corrected chi connectivity index (χ3v) is 4.20. The number of rotatable bonds is 3. The standard InChI is InChI=1S/C14H20ClNO/c1-16-10-14(8-6-11(17)7-9-14)12-4-2-3-5-13(12)15/h2-5,11,16-17H,6-10H2,1H3. The van der Waals surface area contributed by atoms with Gasteiger partial charge in [-0.2, -0.15) is 0 Å². The van der Waals surface area contributed by atoms with Crippen LogP contribution in [0.15, 0.2) is 24.3 Å². The average molecular weight is 254 g/mol. The molecule has 0 saturated heterocycles. The van der Waals surface area contributed by atoms with E-state index in [1.54, 1.807) is 0 Å². The third-order valence-electron chi connectivity index (χ3n) is 3.87. The number of halogens is 1. The number of benzene rings is 1. The molecule has 0 unspecified atom stereocenters. The van der Waals surface area contributed by atoms with Crippen LogP contribution >= 0.6 is 11.6 Å². The van der Waals surface area contributed by atoms with Crippen molar-refractivity contribution in [3.63, 3.8) is 0 Å². The Morgan fingerprint density at radius 2 is 2.00 bits per heavy atom. The maximum absolute atomic E-state index is 9.67. The minimum absolute atomic E-state index is 0.0896. The van der Waals surface area contributed by atoms with Crippen LogP contribution in [0.4, 0.5) is 0 Å². The summed E-state index contributed by atoms with van der Waals surface area (Å²) in [5.41, 5.74) is 1.31. The Morgan fingerprint density at radius 3 is 2.59 bits per heavy atom. The molecular weight excluding hydrogens is 234 g/mol. The number of nitrogens with one attached hydrogen (secondary N) is 1. The molecule has 1 aromatic carbocycles. The van der Waals surface area contributed by atoms with Gasteiger partial charge in [0.05, 0.1) is 6.10 Å². The quantitative estimate of drug-likeness (QED) is 0.868. The van der Waals surface area contributed by atoms with E-state index in [1.807, 2.05) is 25.2 Å². The Bertz CT molecular complexity index is 372. The molecule has 0 bridgehead atoms. The Balaban J connectivity index is 2.31. The van der Waals surface area contributed by atoms with Crippen LogP contribution in [0.5, 0.6) is 0 Å². The molecule has 0 heterocycles. The fourth-order valence-electron chi connectivity index (χ4n) is 2.93. The molecule has 0 aromatic heterocycles. The van der Waals surface area contributed by atoms with Crippen LogP contribution < -0.4 is 5.32 Å². The van der Waals surface area contributed by atoms with Crippen LogP contribution in [0.2, 0.25) is 5.02 Å². The molecule has 17 heavy (non-hydrogen) atoms. The number of hydrogen-bond donors (Lipinski definition) is 2. The second-order valence-corrected chi connectivity index (χ2v) is 5.43. The van der Waals surface area contributed by atoms with Crippen LogP contribution in [0.1, 0.15) is 31.2 Å². The summed E-state index contributed by atoms with van der Waals surface area (Å²) in [6.07, 6.45) is 3.60. The van der Waals surface area contributed by atoms with Crippen molar-refractivity contribution in [3.05, 3.63) is 34.9 Å². The van der Waals surface area contributed by atoms with Gasteiger partial charge >= 0.3 is 0 Å². The molecule has 0 spiro atoms. The monoisotopic (exact) mass is 253 g/mol. The van der Waals surface area contributed by atoms with Crippen molar-refractivity contribution >= 4 is 11.6 Å². The normalized spacial score (nSPS) is 29.2. The van der Waals surface area contributed by atoms with Gasteiger partial charge in [-0.25, -0.2) is 0 Å². The summed E-state index contributed by atoms with van der Waals surface area (Å²) in [6.45, 7) is 0.920. The van der Waals surface area contributed by atoms with E-state index in [0.717, 1.165) is 37.3 Å². The molecule has 1 aliphatic rings. The minimum atomic E-state index is -0.137. The predicted octanol–water partition coefficient (Wildman–Crippen LogP) is 2.73. The Hall–Kier alpha value is -0.570. The molecule has 3 heteroatoms. The van der Waals surface area contributed by atoms with Crippen molar-refractivity contribution in [1.82, 2.24) is 5.32 Å². The Labute approximate surface area is 108 Å². The van der Waals surface area contributed by atoms with E-state index >= 15 is 0 Å². The summed E-state index contributed by atoms with van der Waals surface area (Å²) < 4.78 is 0. The van der Waals surface area contributed by atoms with Gasteiger partial charge in [0.25, 0.3) is 0 Å². The summed E-state index contributed by atoms with van der Waals surface area (Å²) in [5, 5.41) is 13.8. The van der Waals surface area contributed by atoms with Crippen LogP contribution in [-0.4, -0.2) is 24.8 Å². The number of hydrogen-bond acceptors (Lipinski definition) is 2. The number of aliphatic hydroxyl groups is 1. The smallest absolute Gasteiger partial charge is 0.0541 e. The van der Waals surface area contributed by atoms with Gasteiger partial charge in [0.15, 0.2) is 0 Å². The highest BCUT2D eigenvalue weighted by atomic mass is 35.5. The zero-order valence-electron chi connectivity index (χ0n) is 10.2. The van der Waals surface area contributed by atoms with Gasteiger partial charge in [0.1, 0.15) is 0 Å². The molecule has 0 amide bonds. The minimum Gasteiger partial charge on any atom is -0.393 e. The van der Waals surface area contributed by atoms with Crippen LogP contribution in [-0.2, 0) is 5.41 Å². The summed E-state index contributed by atoms with van der Waals surface area (Å²) in [5.74, 6) is 0. The molecule has 1 saturated carbocycles. The highest BCUT2D eigenvalue weighted by Crippen LogP contribution is 2.41. The van der Waals surface area contributed by atoms with Gasteiger partial charge in [-0.1, -0.05) is 29.8 Å². The summed E-state index contributed by atoms with van der Waals surface area (Å²) in [6, 6.07) is 8.09. The molecular formula is C14H20ClNO. The largest absolute Gasteiger partial charge is 0.393 e. The first-order valence-electron chi connectivity index (χ1n) is 6.26. The highest BCUT2D eigenvalue weighted by Gasteiger charge is 2.37. The summed E-state index contributed by atoms with van der Waals surface area (Å²) in [4.78, 5) is 0. The van der Waals surface area contributed by atoms with Crippen molar-refractivity contribution in [2.45, 2.75) is 37.2 Å². The van der Waals surface area contributed by atoms with Crippen molar-refractivity contribution in [2.75, 3.05) is 13.6 Å². The van der Waals surface area contributed by atoms with Crippen molar-refractivity contribution < 1.29 is 5.11 Å². The van der Waals surface area contributed by atoms with E-state index < -0.39 is 0 Å². The van der Waals surface area contributed by atoms with Gasteiger partial charge in [0.2, 0.25) is 0 Å². The van der Waals surface area contributed by atoms with E-state index in [4.69, 9.17) is 11.6 Å². The number of likely N-dealkylation sites (N-methyl/N-ethyl adjacent to an activating group) is 1. The van der Waals surface area contributed by atoms with E-state index in [1.165, 1.54) is 5.56 Å². The van der Waals surface area contributed by atoms with Crippen molar-refractivity contribution in [2.24, 2.45) is 0 Å². The topological polar surface area (TPSA) is 32.3 Å². The van der Waals surface area contributed by atoms with Crippen LogP contribution in [0.25, 0.3) is 0 Å². The zero-order valence-corrected chi connectivity index (χ0v) is 11.0. The van der Waals surface area contributed by atoms with Gasteiger partial charge in [-0.05, 0) is 44.4 Å². The molecule has 2 nitrogen and oxygen atoms in total. The summed E-state index contributed by atoms with van der Waals surface area (Å²) in [7, 11) is 1.98. The molecule has 0 aliphatic heterocycles. The molecule has 2 rings (SSSR count). The van der Waals surface area contributed by atoms with Crippen LogP contribution in [0, 0.1) is 0 Å².